The van der Waals surface area contributed by atoms with Crippen molar-refractivity contribution in [1.29, 1.82) is 0 Å². The Labute approximate surface area is 177 Å². The lowest BCUT2D eigenvalue weighted by atomic mass is 9.96. The second-order valence-corrected chi connectivity index (χ2v) is 8.41. The summed E-state index contributed by atoms with van der Waals surface area (Å²) in [6, 6.07) is 12.1. The molecule has 0 bridgehead atoms. The van der Waals surface area contributed by atoms with Gasteiger partial charge in [0.15, 0.2) is 0 Å². The predicted molar refractivity (Wildman–Crippen MR) is 122 cm³/mol. The van der Waals surface area contributed by atoms with Crippen LogP contribution in [0.4, 0.5) is 0 Å². The Bertz CT molecular complexity index is 1190. The number of fused-ring (bicyclic) bond motifs is 1. The zero-order valence-corrected chi connectivity index (χ0v) is 18.2. The Kier molecular flexibility index (Phi) is 5.37. The lowest BCUT2D eigenvalue weighted by Gasteiger charge is -2.32. The first-order valence-corrected chi connectivity index (χ1v) is 10.6. The highest BCUT2D eigenvalue weighted by Crippen LogP contribution is 2.26. The number of aryl methyl sites for hydroxylation is 2. The molecule has 1 aromatic heterocycles. The molecule has 0 radical (unpaired) electrons. The molecule has 1 aliphatic rings. The summed E-state index contributed by atoms with van der Waals surface area (Å²) in [5, 5.41) is 0. The summed E-state index contributed by atoms with van der Waals surface area (Å²) in [6.45, 7) is 9.51. The highest BCUT2D eigenvalue weighted by molar-refractivity contribution is 5.97. The van der Waals surface area contributed by atoms with E-state index in [0.717, 1.165) is 35.0 Å². The molecule has 2 aromatic carbocycles. The molecule has 3 aromatic rings. The van der Waals surface area contributed by atoms with Crippen LogP contribution in [0.25, 0.3) is 17.1 Å². The molecule has 5 nitrogen and oxygen atoms in total. The van der Waals surface area contributed by atoms with Crippen LogP contribution >= 0.6 is 0 Å². The Morgan fingerprint density at radius 3 is 2.43 bits per heavy atom. The molecular weight excluding hydrogens is 374 g/mol. The van der Waals surface area contributed by atoms with Gasteiger partial charge in [-0.05, 0) is 81.0 Å². The van der Waals surface area contributed by atoms with E-state index >= 15 is 0 Å². The summed E-state index contributed by atoms with van der Waals surface area (Å²) in [4.78, 5) is 30.4. The van der Waals surface area contributed by atoms with Crippen molar-refractivity contribution >= 4 is 23.0 Å². The zero-order valence-electron chi connectivity index (χ0n) is 18.2. The van der Waals surface area contributed by atoms with Crippen LogP contribution in [0.5, 0.6) is 0 Å². The maximum absolute atomic E-state index is 13.1. The van der Waals surface area contributed by atoms with Crippen LogP contribution in [-0.4, -0.2) is 33.4 Å². The van der Waals surface area contributed by atoms with E-state index in [1.807, 2.05) is 46.7 Å². The molecule has 1 fully saturated rings. The van der Waals surface area contributed by atoms with E-state index in [0.29, 0.717) is 13.1 Å². The summed E-state index contributed by atoms with van der Waals surface area (Å²) in [7, 11) is 0. The minimum Gasteiger partial charge on any atom is -0.339 e. The Hall–Kier alpha value is -3.08. The molecule has 2 heterocycles. The van der Waals surface area contributed by atoms with Crippen molar-refractivity contribution < 1.29 is 4.79 Å². The minimum atomic E-state index is -0.0672. The summed E-state index contributed by atoms with van der Waals surface area (Å²) in [6.07, 6.45) is 3.59. The number of aromatic nitrogens is 2. The third-order valence-electron chi connectivity index (χ3n) is 6.44. The number of carbonyl (C=O) groups excluding carboxylic acids is 1. The fourth-order valence-corrected chi connectivity index (χ4v) is 4.49. The van der Waals surface area contributed by atoms with Crippen molar-refractivity contribution in [3.63, 3.8) is 0 Å². The average Bonchev–Trinajstić information content (AvgIpc) is 3.09. The van der Waals surface area contributed by atoms with E-state index in [-0.39, 0.29) is 17.6 Å². The number of para-hydroxylation sites is 2. The molecule has 1 N–H and O–H groups in total. The second kappa shape index (κ2) is 7.98. The second-order valence-electron chi connectivity index (χ2n) is 8.41. The Morgan fingerprint density at radius 2 is 1.70 bits per heavy atom. The number of benzene rings is 2. The van der Waals surface area contributed by atoms with Crippen molar-refractivity contribution in [1.82, 2.24) is 14.5 Å². The molecular formula is C25H29N3O2. The van der Waals surface area contributed by atoms with Gasteiger partial charge in [0.2, 0.25) is 5.91 Å². The quantitative estimate of drug-likeness (QED) is 0.654. The number of hydrogen-bond acceptors (Lipinski definition) is 2. The molecule has 4 rings (SSSR count). The van der Waals surface area contributed by atoms with Crippen LogP contribution in [0.15, 0.2) is 46.8 Å². The molecule has 156 valence electrons. The van der Waals surface area contributed by atoms with Crippen molar-refractivity contribution in [2.24, 2.45) is 0 Å². The smallest absolute Gasteiger partial charge is 0.326 e. The van der Waals surface area contributed by atoms with Gasteiger partial charge >= 0.3 is 5.69 Å². The molecule has 1 amide bonds. The number of rotatable bonds is 3. The van der Waals surface area contributed by atoms with Gasteiger partial charge < -0.3 is 9.88 Å². The number of piperidine rings is 1. The number of imidazole rings is 1. The van der Waals surface area contributed by atoms with Gasteiger partial charge in [-0.3, -0.25) is 9.36 Å². The first-order chi connectivity index (χ1) is 14.4. The number of aromatic amines is 1. The lowest BCUT2D eigenvalue weighted by molar-refractivity contribution is -0.128. The van der Waals surface area contributed by atoms with Crippen molar-refractivity contribution in [3.05, 3.63) is 74.7 Å². The first kappa shape index (κ1) is 20.2. The van der Waals surface area contributed by atoms with Gasteiger partial charge in [-0.15, -0.1) is 0 Å². The monoisotopic (exact) mass is 403 g/mol. The van der Waals surface area contributed by atoms with Crippen molar-refractivity contribution in [2.45, 2.75) is 46.6 Å². The molecule has 0 unspecified atom stereocenters. The van der Waals surface area contributed by atoms with E-state index in [2.05, 4.69) is 37.9 Å². The van der Waals surface area contributed by atoms with Gasteiger partial charge in [0.1, 0.15) is 0 Å². The fraction of sp³-hybridized carbons (Fsp3) is 0.360. The van der Waals surface area contributed by atoms with E-state index < -0.39 is 0 Å². The fourth-order valence-electron chi connectivity index (χ4n) is 4.49. The summed E-state index contributed by atoms with van der Waals surface area (Å²) >= 11 is 0. The predicted octanol–water partition coefficient (Wildman–Crippen LogP) is 4.52. The highest BCUT2D eigenvalue weighted by atomic mass is 16.2. The first-order valence-electron chi connectivity index (χ1n) is 10.6. The molecule has 0 spiro atoms. The molecule has 1 saturated heterocycles. The Morgan fingerprint density at radius 1 is 1.03 bits per heavy atom. The number of amides is 1. The SMILES string of the molecule is C/C(=C\c1c(C)ccc(C)c1C)C(=O)N1CCC(n2c(=O)[nH]c3ccccc32)CC1. The summed E-state index contributed by atoms with van der Waals surface area (Å²) in [5.74, 6) is 0.0834. The van der Waals surface area contributed by atoms with Gasteiger partial charge in [0.05, 0.1) is 11.0 Å². The van der Waals surface area contributed by atoms with E-state index in [4.69, 9.17) is 0 Å². The highest BCUT2D eigenvalue weighted by Gasteiger charge is 2.26. The maximum atomic E-state index is 13.1. The van der Waals surface area contributed by atoms with Crippen molar-refractivity contribution in [3.8, 4) is 0 Å². The number of nitrogens with zero attached hydrogens (tertiary/aromatic N) is 2. The van der Waals surface area contributed by atoms with Crippen molar-refractivity contribution in [2.75, 3.05) is 13.1 Å². The van der Waals surface area contributed by atoms with Gasteiger partial charge in [-0.25, -0.2) is 4.79 Å². The van der Waals surface area contributed by atoms with E-state index in [1.54, 1.807) is 0 Å². The molecule has 0 saturated carbocycles. The normalized spacial score (nSPS) is 15.7. The van der Waals surface area contributed by atoms with Gasteiger partial charge in [-0.2, -0.15) is 0 Å². The third kappa shape index (κ3) is 3.60. The lowest BCUT2D eigenvalue weighted by Crippen LogP contribution is -2.40. The third-order valence-corrected chi connectivity index (χ3v) is 6.44. The Balaban J connectivity index is 1.50. The van der Waals surface area contributed by atoms with Crippen LogP contribution in [0.2, 0.25) is 0 Å². The number of nitrogens with one attached hydrogen (secondary N) is 1. The molecule has 5 heteroatoms. The number of carbonyl (C=O) groups is 1. The minimum absolute atomic E-state index is 0.0672. The molecule has 30 heavy (non-hydrogen) atoms. The topological polar surface area (TPSA) is 58.1 Å². The van der Waals surface area contributed by atoms with Gasteiger partial charge in [-0.1, -0.05) is 24.3 Å². The van der Waals surface area contributed by atoms with Crippen LogP contribution < -0.4 is 5.69 Å². The summed E-state index contributed by atoms with van der Waals surface area (Å²) < 4.78 is 1.86. The molecule has 1 aliphatic heterocycles. The summed E-state index contributed by atoms with van der Waals surface area (Å²) in [5.41, 5.74) is 7.27. The largest absolute Gasteiger partial charge is 0.339 e. The number of likely N-dealkylation sites (tertiary alicyclic amines) is 1. The number of hydrogen-bond donors (Lipinski definition) is 1. The maximum Gasteiger partial charge on any atom is 0.326 e. The zero-order chi connectivity index (χ0) is 21.4. The van der Waals surface area contributed by atoms with Crippen LogP contribution in [-0.2, 0) is 4.79 Å². The van der Waals surface area contributed by atoms with Crippen LogP contribution in [0.3, 0.4) is 0 Å². The van der Waals surface area contributed by atoms with E-state index in [1.165, 1.54) is 16.7 Å². The van der Waals surface area contributed by atoms with Gasteiger partial charge in [0.25, 0.3) is 0 Å². The standard InChI is InChI=1S/C25H29N3O2/c1-16-9-10-17(2)21(19(16)4)15-18(3)24(29)27-13-11-20(12-14-27)28-23-8-6-5-7-22(23)26-25(28)30/h5-10,15,20H,11-14H2,1-4H3,(H,26,30)/b18-15+. The van der Waals surface area contributed by atoms with E-state index in [9.17, 15) is 9.59 Å². The molecule has 0 atom stereocenters. The number of H-pyrrole nitrogens is 1. The van der Waals surface area contributed by atoms with Gasteiger partial charge in [0, 0.05) is 24.7 Å². The molecule has 0 aliphatic carbocycles. The van der Waals surface area contributed by atoms with Crippen LogP contribution in [0, 0.1) is 20.8 Å². The average molecular weight is 404 g/mol. The van der Waals surface area contributed by atoms with Crippen LogP contribution in [0.1, 0.15) is 48.1 Å².